The number of unbranched alkanes of at least 4 members (excludes halogenated alkanes) is 25. The van der Waals surface area contributed by atoms with Crippen LogP contribution in [0.2, 0.25) is 0 Å². The zero-order valence-corrected chi connectivity index (χ0v) is 55.5. The van der Waals surface area contributed by atoms with E-state index in [1.165, 1.54) is 128 Å². The van der Waals surface area contributed by atoms with E-state index in [2.05, 4.69) is 92.1 Å². The first-order valence-corrected chi connectivity index (χ1v) is 35.3. The molecule has 0 aromatic heterocycles. The van der Waals surface area contributed by atoms with Crippen LogP contribution in [-0.2, 0) is 33.2 Å². The maximum absolute atomic E-state index is 13.4. The lowest BCUT2D eigenvalue weighted by Gasteiger charge is -2.48. The fourth-order valence-corrected chi connectivity index (χ4v) is 11.5. The maximum atomic E-state index is 13.4. The summed E-state index contributed by atoms with van der Waals surface area (Å²) in [5, 5.41) is 120. The van der Waals surface area contributed by atoms with Gasteiger partial charge in [0, 0.05) is 6.42 Å². The maximum Gasteiger partial charge on any atom is 0.220 e. The molecule has 19 heteroatoms. The van der Waals surface area contributed by atoms with Crippen molar-refractivity contribution in [2.75, 3.05) is 26.4 Å². The monoisotopic (exact) mass is 1290 g/mol. The average molecular weight is 1290 g/mol. The summed E-state index contributed by atoms with van der Waals surface area (Å²) >= 11 is 0. The Labute approximate surface area is 546 Å². The van der Waals surface area contributed by atoms with Crippen LogP contribution < -0.4 is 5.32 Å². The molecule has 19 nitrogen and oxygen atoms in total. The van der Waals surface area contributed by atoms with Crippen molar-refractivity contribution in [1.82, 2.24) is 5.32 Å². The van der Waals surface area contributed by atoms with E-state index in [-0.39, 0.29) is 18.9 Å². The molecule has 0 radical (unpaired) electrons. The summed E-state index contributed by atoms with van der Waals surface area (Å²) in [6.45, 7) is 1.58. The van der Waals surface area contributed by atoms with Gasteiger partial charge in [-0.3, -0.25) is 4.79 Å². The smallest absolute Gasteiger partial charge is 0.220 e. The van der Waals surface area contributed by atoms with E-state index in [1.54, 1.807) is 6.08 Å². The summed E-state index contributed by atoms with van der Waals surface area (Å²) in [7, 11) is 0. The first kappa shape index (κ1) is 82.2. The molecule has 0 aromatic carbocycles. The van der Waals surface area contributed by atoms with Gasteiger partial charge in [0.05, 0.1) is 38.6 Å². The predicted octanol–water partition coefficient (Wildman–Crippen LogP) is 9.49. The molecule has 3 fully saturated rings. The van der Waals surface area contributed by atoms with E-state index in [9.17, 15) is 61.0 Å². The summed E-state index contributed by atoms with van der Waals surface area (Å²) in [6, 6.07) is -0.992. The summed E-state index contributed by atoms with van der Waals surface area (Å²) in [6.07, 6.45) is 41.5. The van der Waals surface area contributed by atoms with Crippen LogP contribution in [0.5, 0.6) is 0 Å². The van der Waals surface area contributed by atoms with Gasteiger partial charge in [-0.1, -0.05) is 234 Å². The van der Waals surface area contributed by atoms with Crippen molar-refractivity contribution in [3.8, 4) is 0 Å². The minimum Gasteiger partial charge on any atom is -0.394 e. The lowest BCUT2D eigenvalue weighted by molar-refractivity contribution is -0.379. The molecular formula is C72H125NO18. The SMILES string of the molecule is CC/C=C\C/C=C\C/C=C\C/C=C\C/C=C\CCCCCCCCCCCCCCCCCCCC(=O)NC(COC1OC(CO)C(OC2OC(CO)C(OC3OC(CO)C(O)C(O)C3O)C(O)C2O)C(O)C1O)C(O)/C=C/CC/C=C/CCCCCCCCC. The van der Waals surface area contributed by atoms with Gasteiger partial charge in [0.25, 0.3) is 0 Å². The molecule has 12 N–H and O–H groups in total. The molecular weight excluding hydrogens is 1170 g/mol. The second-order valence-corrected chi connectivity index (χ2v) is 25.0. The number of hydrogen-bond acceptors (Lipinski definition) is 18. The Morgan fingerprint density at radius 3 is 1.23 bits per heavy atom. The van der Waals surface area contributed by atoms with Crippen LogP contribution in [-0.4, -0.2) is 193 Å². The zero-order valence-electron chi connectivity index (χ0n) is 55.5. The third kappa shape index (κ3) is 35.0. The molecule has 0 spiro atoms. The highest BCUT2D eigenvalue weighted by molar-refractivity contribution is 5.76. The Morgan fingerprint density at radius 1 is 0.407 bits per heavy atom. The number of nitrogens with one attached hydrogen (secondary N) is 1. The Balaban J connectivity index is 1.36. The van der Waals surface area contributed by atoms with Crippen molar-refractivity contribution in [3.63, 3.8) is 0 Å². The Bertz CT molecular complexity index is 1980. The molecule has 3 aliphatic heterocycles. The standard InChI is InChI=1S/C72H125NO18/c1-3-5-7-9-11-13-15-17-18-19-20-21-22-23-24-25-26-27-28-29-30-31-32-33-34-35-36-38-40-42-44-46-48-50-60(78)73-55(56(77)49-47-45-43-41-39-37-16-14-12-10-8-6-4-2)54-86-70-66(84)63(81)68(58(52-75)88-70)91-72-67(85)64(82)69(59(53-76)89-72)90-71-65(83)62(80)61(79)57(51-74)87-71/h5,7,11,13,17-18,20-21,23-24,39,41,47,49,55-59,61-72,74-77,79-85H,3-4,6,8-10,12,14-16,19,22,25-38,40,42-46,48,50-54H2,1-2H3,(H,73,78)/b7-5-,13-11-,18-17-,21-20-,24-23-,41-39+,49-47+. The molecule has 1 amide bonds. The molecule has 17 atom stereocenters. The normalized spacial score (nSPS) is 28.4. The van der Waals surface area contributed by atoms with Crippen LogP contribution >= 0.6 is 0 Å². The lowest BCUT2D eigenvalue weighted by atomic mass is 9.96. The van der Waals surface area contributed by atoms with E-state index >= 15 is 0 Å². The second-order valence-electron chi connectivity index (χ2n) is 25.0. The third-order valence-corrected chi connectivity index (χ3v) is 17.2. The summed E-state index contributed by atoms with van der Waals surface area (Å²) in [5.74, 6) is -0.288. The largest absolute Gasteiger partial charge is 0.394 e. The number of amides is 1. The van der Waals surface area contributed by atoms with Crippen molar-refractivity contribution in [1.29, 1.82) is 0 Å². The number of ether oxygens (including phenoxy) is 6. The molecule has 91 heavy (non-hydrogen) atoms. The van der Waals surface area contributed by atoms with Crippen LogP contribution in [0, 0.1) is 0 Å². The number of allylic oxidation sites excluding steroid dienone is 13. The van der Waals surface area contributed by atoms with Gasteiger partial charge >= 0.3 is 0 Å². The van der Waals surface area contributed by atoms with Crippen LogP contribution in [0.15, 0.2) is 85.1 Å². The van der Waals surface area contributed by atoms with Gasteiger partial charge in [-0.05, 0) is 77.0 Å². The first-order chi connectivity index (χ1) is 44.3. The predicted molar refractivity (Wildman–Crippen MR) is 355 cm³/mol. The number of aliphatic hydroxyl groups is 11. The van der Waals surface area contributed by atoms with E-state index in [1.807, 2.05) is 6.08 Å². The quantitative estimate of drug-likeness (QED) is 0.0199. The summed E-state index contributed by atoms with van der Waals surface area (Å²) in [5.41, 5.74) is 0. The topological polar surface area (TPSA) is 307 Å². The molecule has 0 bridgehead atoms. The lowest BCUT2D eigenvalue weighted by Crippen LogP contribution is -2.66. The molecule has 3 saturated heterocycles. The second kappa shape index (κ2) is 53.2. The average Bonchev–Trinajstić information content (AvgIpc) is 0.871. The van der Waals surface area contributed by atoms with Gasteiger partial charge in [-0.25, -0.2) is 0 Å². The molecule has 0 saturated carbocycles. The minimum atomic E-state index is -1.98. The molecule has 0 aromatic rings. The van der Waals surface area contributed by atoms with Crippen molar-refractivity contribution in [2.24, 2.45) is 0 Å². The molecule has 17 unspecified atom stereocenters. The van der Waals surface area contributed by atoms with Crippen molar-refractivity contribution in [3.05, 3.63) is 85.1 Å². The van der Waals surface area contributed by atoms with Crippen molar-refractivity contribution >= 4 is 5.91 Å². The Hall–Kier alpha value is -3.03. The zero-order chi connectivity index (χ0) is 66.1. The molecule has 3 rings (SSSR count). The Morgan fingerprint density at radius 2 is 0.769 bits per heavy atom. The van der Waals surface area contributed by atoms with Crippen LogP contribution in [0.3, 0.4) is 0 Å². The highest BCUT2D eigenvalue weighted by atomic mass is 16.8. The van der Waals surface area contributed by atoms with Crippen molar-refractivity contribution < 1.29 is 89.4 Å². The summed E-state index contributed by atoms with van der Waals surface area (Å²) < 4.78 is 34.3. The molecule has 526 valence electrons. The summed E-state index contributed by atoms with van der Waals surface area (Å²) in [4.78, 5) is 13.4. The van der Waals surface area contributed by atoms with Gasteiger partial charge in [0.1, 0.15) is 73.2 Å². The van der Waals surface area contributed by atoms with Crippen LogP contribution in [0.25, 0.3) is 0 Å². The number of rotatable bonds is 53. The van der Waals surface area contributed by atoms with E-state index in [0.717, 1.165) is 70.6 Å². The van der Waals surface area contributed by atoms with Gasteiger partial charge in [-0.2, -0.15) is 0 Å². The number of carbonyl (C=O) groups is 1. The molecule has 0 aliphatic carbocycles. The van der Waals surface area contributed by atoms with Crippen molar-refractivity contribution in [2.45, 2.75) is 336 Å². The van der Waals surface area contributed by atoms with Crippen LogP contribution in [0.1, 0.15) is 232 Å². The fourth-order valence-electron chi connectivity index (χ4n) is 11.5. The van der Waals surface area contributed by atoms with Gasteiger partial charge < -0.3 is 89.9 Å². The number of aliphatic hydroxyl groups excluding tert-OH is 11. The van der Waals surface area contributed by atoms with Crippen LogP contribution in [0.4, 0.5) is 0 Å². The fraction of sp³-hybridized carbons (Fsp3) is 0.792. The number of hydrogen-bond donors (Lipinski definition) is 12. The van der Waals surface area contributed by atoms with Gasteiger partial charge in [0.2, 0.25) is 5.91 Å². The minimum absolute atomic E-state index is 0.233. The van der Waals surface area contributed by atoms with Gasteiger partial charge in [-0.15, -0.1) is 0 Å². The molecule has 3 heterocycles. The van der Waals surface area contributed by atoms with E-state index in [0.29, 0.717) is 12.8 Å². The van der Waals surface area contributed by atoms with E-state index < -0.39 is 124 Å². The highest BCUT2D eigenvalue weighted by Crippen LogP contribution is 2.33. The number of carbonyl (C=O) groups excluding carboxylic acids is 1. The van der Waals surface area contributed by atoms with Gasteiger partial charge in [0.15, 0.2) is 18.9 Å². The Kier molecular flexibility index (Phi) is 48.0. The van der Waals surface area contributed by atoms with E-state index in [4.69, 9.17) is 28.4 Å². The first-order valence-electron chi connectivity index (χ1n) is 35.3. The molecule has 3 aliphatic rings. The third-order valence-electron chi connectivity index (χ3n) is 17.2. The highest BCUT2D eigenvalue weighted by Gasteiger charge is 2.53.